The molecule has 1 N–H and O–H groups in total. The van der Waals surface area contributed by atoms with Gasteiger partial charge in [0, 0.05) is 12.1 Å². The van der Waals surface area contributed by atoms with Crippen LogP contribution in [0.5, 0.6) is 0 Å². The summed E-state index contributed by atoms with van der Waals surface area (Å²) >= 11 is 5.56. The van der Waals surface area contributed by atoms with E-state index in [4.69, 9.17) is 11.6 Å². The molecule has 2 nitrogen and oxygen atoms in total. The number of carbonyl (C=O) groups is 1. The zero-order valence-corrected chi connectivity index (χ0v) is 12.7. The van der Waals surface area contributed by atoms with Gasteiger partial charge in [-0.3, -0.25) is 4.79 Å². The van der Waals surface area contributed by atoms with Crippen LogP contribution in [0.3, 0.4) is 0 Å². The number of benzene rings is 1. The molecule has 3 rings (SSSR count). The van der Waals surface area contributed by atoms with Crippen LogP contribution in [0.4, 0.5) is 18.9 Å². The topological polar surface area (TPSA) is 29.1 Å². The van der Waals surface area contributed by atoms with Crippen molar-refractivity contribution in [2.45, 2.75) is 38.3 Å². The minimum absolute atomic E-state index is 0.143. The van der Waals surface area contributed by atoms with Gasteiger partial charge in [-0.2, -0.15) is 13.2 Å². The van der Waals surface area contributed by atoms with Crippen molar-refractivity contribution in [2.24, 2.45) is 17.8 Å². The minimum Gasteiger partial charge on any atom is -0.326 e. The molecule has 0 aliphatic heterocycles. The summed E-state index contributed by atoms with van der Waals surface area (Å²) in [5.74, 6) is 1.53. The average molecular weight is 332 g/mol. The van der Waals surface area contributed by atoms with E-state index in [-0.39, 0.29) is 16.6 Å². The maximum atomic E-state index is 12.8. The van der Waals surface area contributed by atoms with Gasteiger partial charge in [0.15, 0.2) is 0 Å². The molecule has 2 aliphatic carbocycles. The van der Waals surface area contributed by atoms with Gasteiger partial charge < -0.3 is 5.32 Å². The van der Waals surface area contributed by atoms with Crippen molar-refractivity contribution < 1.29 is 18.0 Å². The molecular formula is C16H17ClF3NO. The van der Waals surface area contributed by atoms with Crippen LogP contribution in [0.15, 0.2) is 18.2 Å². The van der Waals surface area contributed by atoms with Gasteiger partial charge in [0.25, 0.3) is 0 Å². The van der Waals surface area contributed by atoms with E-state index in [1.54, 1.807) is 0 Å². The number of hydrogen-bond acceptors (Lipinski definition) is 1. The van der Waals surface area contributed by atoms with E-state index in [0.29, 0.717) is 18.3 Å². The smallest absolute Gasteiger partial charge is 0.326 e. The van der Waals surface area contributed by atoms with Crippen molar-refractivity contribution in [3.05, 3.63) is 28.8 Å². The van der Waals surface area contributed by atoms with Crippen molar-refractivity contribution in [2.75, 3.05) is 5.32 Å². The fourth-order valence-electron chi connectivity index (χ4n) is 3.90. The summed E-state index contributed by atoms with van der Waals surface area (Å²) in [6, 6.07) is 3.45. The van der Waals surface area contributed by atoms with E-state index in [0.717, 1.165) is 24.5 Å². The molecular weight excluding hydrogens is 315 g/mol. The Kier molecular flexibility index (Phi) is 4.10. The Hall–Kier alpha value is -1.23. The van der Waals surface area contributed by atoms with Crippen LogP contribution < -0.4 is 5.32 Å². The van der Waals surface area contributed by atoms with Gasteiger partial charge in [0.1, 0.15) is 0 Å². The lowest BCUT2D eigenvalue weighted by Gasteiger charge is -2.21. The summed E-state index contributed by atoms with van der Waals surface area (Å²) < 4.78 is 38.4. The Bertz CT molecular complexity index is 587. The zero-order valence-electron chi connectivity index (χ0n) is 11.9. The third kappa shape index (κ3) is 3.24. The highest BCUT2D eigenvalue weighted by Crippen LogP contribution is 2.49. The third-order valence-electron chi connectivity index (χ3n) is 4.89. The molecule has 1 aromatic rings. The second-order valence-electron chi connectivity index (χ2n) is 6.38. The minimum atomic E-state index is -4.53. The average Bonchev–Trinajstić information content (AvgIpc) is 3.02. The van der Waals surface area contributed by atoms with Gasteiger partial charge in [-0.05, 0) is 55.2 Å². The van der Waals surface area contributed by atoms with Crippen molar-refractivity contribution in [3.63, 3.8) is 0 Å². The van der Waals surface area contributed by atoms with E-state index >= 15 is 0 Å². The maximum absolute atomic E-state index is 12.8. The maximum Gasteiger partial charge on any atom is 0.417 e. The summed E-state index contributed by atoms with van der Waals surface area (Å²) in [6.07, 6.45) is 0.591. The Balaban J connectivity index is 1.64. The molecule has 0 unspecified atom stereocenters. The highest BCUT2D eigenvalue weighted by molar-refractivity contribution is 6.31. The molecule has 1 amide bonds. The van der Waals surface area contributed by atoms with Gasteiger partial charge in [-0.25, -0.2) is 0 Å². The third-order valence-corrected chi connectivity index (χ3v) is 5.22. The Labute approximate surface area is 132 Å². The van der Waals surface area contributed by atoms with Gasteiger partial charge >= 0.3 is 6.18 Å². The van der Waals surface area contributed by atoms with Gasteiger partial charge in [0.2, 0.25) is 5.91 Å². The lowest BCUT2D eigenvalue weighted by molar-refractivity contribution is -0.137. The van der Waals surface area contributed by atoms with Gasteiger partial charge in [0.05, 0.1) is 10.6 Å². The first-order chi connectivity index (χ1) is 10.3. The van der Waals surface area contributed by atoms with Crippen molar-refractivity contribution in [3.8, 4) is 0 Å². The summed E-state index contributed by atoms with van der Waals surface area (Å²) in [6.45, 7) is 0. The Morgan fingerprint density at radius 2 is 2.05 bits per heavy atom. The van der Waals surface area contributed by atoms with E-state index in [1.165, 1.54) is 25.3 Å². The number of anilines is 1. The molecule has 0 aromatic heterocycles. The van der Waals surface area contributed by atoms with Crippen LogP contribution in [-0.4, -0.2) is 5.91 Å². The molecule has 6 heteroatoms. The van der Waals surface area contributed by atoms with Crippen LogP contribution in [-0.2, 0) is 11.0 Å². The first-order valence-electron chi connectivity index (χ1n) is 7.49. The van der Waals surface area contributed by atoms with Crippen molar-refractivity contribution in [1.29, 1.82) is 0 Å². The second kappa shape index (κ2) is 5.76. The first kappa shape index (κ1) is 15.7. The molecule has 0 spiro atoms. The van der Waals surface area contributed by atoms with E-state index in [2.05, 4.69) is 5.32 Å². The normalized spacial score (nSPS) is 27.2. The monoisotopic (exact) mass is 331 g/mol. The first-order valence-corrected chi connectivity index (χ1v) is 7.87. The molecule has 22 heavy (non-hydrogen) atoms. The number of fused-ring (bicyclic) bond motifs is 2. The van der Waals surface area contributed by atoms with Crippen LogP contribution in [0, 0.1) is 17.8 Å². The summed E-state index contributed by atoms with van der Waals surface area (Å²) in [5.41, 5.74) is -0.781. The SMILES string of the molecule is O=C(C[C@H]1C[C@@H]2CC[C@H]1C2)Nc1ccc(Cl)c(C(F)(F)F)c1. The lowest BCUT2D eigenvalue weighted by atomic mass is 9.86. The van der Waals surface area contributed by atoms with E-state index in [9.17, 15) is 18.0 Å². The number of amides is 1. The fraction of sp³-hybridized carbons (Fsp3) is 0.562. The second-order valence-corrected chi connectivity index (χ2v) is 6.79. The molecule has 3 atom stereocenters. The summed E-state index contributed by atoms with van der Waals surface area (Å²) in [5, 5.41) is 2.21. The zero-order chi connectivity index (χ0) is 15.9. The van der Waals surface area contributed by atoms with Crippen molar-refractivity contribution >= 4 is 23.2 Å². The Morgan fingerprint density at radius 3 is 2.64 bits per heavy atom. The van der Waals surface area contributed by atoms with Crippen LogP contribution in [0.2, 0.25) is 5.02 Å². The largest absolute Gasteiger partial charge is 0.417 e. The van der Waals surface area contributed by atoms with Crippen LogP contribution >= 0.6 is 11.6 Å². The predicted octanol–water partition coefficient (Wildman–Crippen LogP) is 5.12. The van der Waals surface area contributed by atoms with E-state index < -0.39 is 11.7 Å². The van der Waals surface area contributed by atoms with Gasteiger partial charge in [-0.15, -0.1) is 0 Å². The van der Waals surface area contributed by atoms with Gasteiger partial charge in [-0.1, -0.05) is 18.0 Å². The summed E-state index contributed by atoms with van der Waals surface area (Å²) in [4.78, 5) is 12.1. The molecule has 2 bridgehead atoms. The molecule has 0 heterocycles. The molecule has 2 saturated carbocycles. The highest BCUT2D eigenvalue weighted by Gasteiger charge is 2.40. The quantitative estimate of drug-likeness (QED) is 0.818. The van der Waals surface area contributed by atoms with Crippen LogP contribution in [0.25, 0.3) is 0 Å². The number of hydrogen-bond donors (Lipinski definition) is 1. The number of nitrogens with one attached hydrogen (secondary N) is 1. The van der Waals surface area contributed by atoms with Crippen molar-refractivity contribution in [1.82, 2.24) is 0 Å². The Morgan fingerprint density at radius 1 is 1.27 bits per heavy atom. The fourth-order valence-corrected chi connectivity index (χ4v) is 4.12. The number of carbonyl (C=O) groups excluding carboxylic acids is 1. The molecule has 2 aliphatic rings. The predicted molar refractivity (Wildman–Crippen MR) is 78.6 cm³/mol. The number of rotatable bonds is 3. The molecule has 120 valence electrons. The molecule has 1 aromatic carbocycles. The number of halogens is 4. The summed E-state index contributed by atoms with van der Waals surface area (Å²) in [7, 11) is 0. The van der Waals surface area contributed by atoms with E-state index in [1.807, 2.05) is 0 Å². The number of alkyl halides is 3. The lowest BCUT2D eigenvalue weighted by Crippen LogP contribution is -2.20. The molecule has 0 radical (unpaired) electrons. The standard InChI is InChI=1S/C16H17ClF3NO/c17-14-4-3-12(8-13(14)16(18,19)20)21-15(22)7-11-6-9-1-2-10(11)5-9/h3-4,8-11H,1-2,5-7H2,(H,21,22)/t9-,10+,11-/m1/s1. The molecule has 0 saturated heterocycles. The highest BCUT2D eigenvalue weighted by atomic mass is 35.5. The molecule has 2 fully saturated rings. The van der Waals surface area contributed by atoms with Crippen LogP contribution in [0.1, 0.15) is 37.7 Å².